The van der Waals surface area contributed by atoms with E-state index in [1.165, 1.54) is 6.08 Å². The van der Waals surface area contributed by atoms with Crippen molar-refractivity contribution in [3.05, 3.63) is 22.2 Å². The largest absolute Gasteiger partial charge is 0.356 e. The SMILES string of the molecule is CNC(=O)/C=C\c1csc(C)n1. The van der Waals surface area contributed by atoms with E-state index in [0.29, 0.717) is 0 Å². The van der Waals surface area contributed by atoms with E-state index >= 15 is 0 Å². The molecule has 3 nitrogen and oxygen atoms in total. The lowest BCUT2D eigenvalue weighted by atomic mass is 10.4. The molecule has 0 aliphatic carbocycles. The fourth-order valence-corrected chi connectivity index (χ4v) is 1.28. The Labute approximate surface area is 75.1 Å². The van der Waals surface area contributed by atoms with Crippen LogP contribution in [0.15, 0.2) is 11.5 Å². The second-order valence-corrected chi connectivity index (χ2v) is 3.30. The van der Waals surface area contributed by atoms with Crippen molar-refractivity contribution in [3.8, 4) is 0 Å². The lowest BCUT2D eigenvalue weighted by Gasteiger charge is -1.87. The van der Waals surface area contributed by atoms with Gasteiger partial charge in [0.05, 0.1) is 10.7 Å². The Morgan fingerprint density at radius 1 is 1.75 bits per heavy atom. The molecule has 1 aromatic heterocycles. The number of hydrogen-bond acceptors (Lipinski definition) is 3. The van der Waals surface area contributed by atoms with Crippen molar-refractivity contribution in [1.82, 2.24) is 10.3 Å². The van der Waals surface area contributed by atoms with Crippen molar-refractivity contribution >= 4 is 23.3 Å². The summed E-state index contributed by atoms with van der Waals surface area (Å²) in [5, 5.41) is 5.41. The summed E-state index contributed by atoms with van der Waals surface area (Å²) < 4.78 is 0. The number of aryl methyl sites for hydroxylation is 1. The molecule has 1 N–H and O–H groups in total. The van der Waals surface area contributed by atoms with Crippen molar-refractivity contribution in [3.63, 3.8) is 0 Å². The first-order valence-electron chi connectivity index (χ1n) is 3.54. The molecule has 4 heteroatoms. The number of aromatic nitrogens is 1. The van der Waals surface area contributed by atoms with E-state index in [-0.39, 0.29) is 5.91 Å². The number of amides is 1. The second kappa shape index (κ2) is 4.01. The van der Waals surface area contributed by atoms with E-state index < -0.39 is 0 Å². The summed E-state index contributed by atoms with van der Waals surface area (Å²) in [6, 6.07) is 0. The monoisotopic (exact) mass is 182 g/mol. The van der Waals surface area contributed by atoms with Crippen molar-refractivity contribution in [2.24, 2.45) is 0 Å². The number of hydrogen-bond donors (Lipinski definition) is 1. The standard InChI is InChI=1S/C8H10N2OS/c1-6-10-7(5-12-6)3-4-8(11)9-2/h3-5H,1-2H3,(H,9,11)/b4-3-. The Morgan fingerprint density at radius 3 is 3.00 bits per heavy atom. The summed E-state index contributed by atoms with van der Waals surface area (Å²) in [5.41, 5.74) is 0.834. The summed E-state index contributed by atoms with van der Waals surface area (Å²) in [6.07, 6.45) is 3.16. The molecule has 0 unspecified atom stereocenters. The van der Waals surface area contributed by atoms with Gasteiger partial charge in [0.2, 0.25) is 5.91 Å². The van der Waals surface area contributed by atoms with Crippen LogP contribution in [0.3, 0.4) is 0 Å². The van der Waals surface area contributed by atoms with Crippen LogP contribution in [0.5, 0.6) is 0 Å². The highest BCUT2D eigenvalue weighted by Crippen LogP contribution is 2.08. The molecule has 0 aliphatic heterocycles. The van der Waals surface area contributed by atoms with E-state index in [0.717, 1.165) is 10.7 Å². The molecular formula is C8H10N2OS. The number of nitrogens with zero attached hydrogens (tertiary/aromatic N) is 1. The van der Waals surface area contributed by atoms with Crippen LogP contribution in [0.1, 0.15) is 10.7 Å². The first kappa shape index (κ1) is 8.93. The van der Waals surface area contributed by atoms with E-state index in [9.17, 15) is 4.79 Å². The first-order chi connectivity index (χ1) is 5.72. The van der Waals surface area contributed by atoms with Gasteiger partial charge >= 0.3 is 0 Å². The Kier molecular flexibility index (Phi) is 2.99. The molecule has 0 fully saturated rings. The van der Waals surface area contributed by atoms with Crippen molar-refractivity contribution in [2.75, 3.05) is 7.05 Å². The zero-order valence-electron chi connectivity index (χ0n) is 7.00. The zero-order chi connectivity index (χ0) is 8.97. The molecule has 1 heterocycles. The van der Waals surface area contributed by atoms with Gasteiger partial charge in [0.25, 0.3) is 0 Å². The minimum absolute atomic E-state index is 0.111. The number of carbonyl (C=O) groups excluding carboxylic acids is 1. The van der Waals surface area contributed by atoms with E-state index in [4.69, 9.17) is 0 Å². The second-order valence-electron chi connectivity index (χ2n) is 2.24. The van der Waals surface area contributed by atoms with Gasteiger partial charge in [-0.05, 0) is 13.0 Å². The van der Waals surface area contributed by atoms with Crippen LogP contribution < -0.4 is 5.32 Å². The van der Waals surface area contributed by atoms with E-state index in [2.05, 4.69) is 10.3 Å². The molecule has 0 aromatic carbocycles. The number of nitrogens with one attached hydrogen (secondary N) is 1. The Balaban J connectivity index is 2.63. The normalized spacial score (nSPS) is 10.5. The quantitative estimate of drug-likeness (QED) is 0.698. The predicted octanol–water partition coefficient (Wildman–Crippen LogP) is 1.21. The molecule has 0 radical (unpaired) electrons. The molecule has 0 saturated heterocycles. The first-order valence-corrected chi connectivity index (χ1v) is 4.42. The maximum atomic E-state index is 10.8. The van der Waals surface area contributed by atoms with Gasteiger partial charge in [-0.2, -0.15) is 0 Å². The molecule has 0 aliphatic rings. The molecule has 1 amide bonds. The fraction of sp³-hybridized carbons (Fsp3) is 0.250. The van der Waals surface area contributed by atoms with Gasteiger partial charge in [-0.1, -0.05) is 0 Å². The van der Waals surface area contributed by atoms with E-state index in [1.54, 1.807) is 24.5 Å². The van der Waals surface area contributed by atoms with Crippen LogP contribution in [-0.2, 0) is 4.79 Å². The summed E-state index contributed by atoms with van der Waals surface area (Å²) in [5.74, 6) is -0.111. The fourth-order valence-electron chi connectivity index (χ4n) is 0.701. The van der Waals surface area contributed by atoms with Crippen molar-refractivity contribution in [1.29, 1.82) is 0 Å². The summed E-state index contributed by atoms with van der Waals surface area (Å²) in [7, 11) is 1.60. The Morgan fingerprint density at radius 2 is 2.50 bits per heavy atom. The molecule has 0 spiro atoms. The lowest BCUT2D eigenvalue weighted by molar-refractivity contribution is -0.115. The number of thiazole rings is 1. The van der Waals surface area contributed by atoms with Crippen LogP contribution in [0.2, 0.25) is 0 Å². The summed E-state index contributed by atoms with van der Waals surface area (Å²) in [4.78, 5) is 14.9. The smallest absolute Gasteiger partial charge is 0.243 e. The number of likely N-dealkylation sites (N-methyl/N-ethyl adjacent to an activating group) is 1. The Bertz CT molecular complexity index is 304. The Hall–Kier alpha value is -1.16. The summed E-state index contributed by atoms with van der Waals surface area (Å²) >= 11 is 1.57. The molecule has 64 valence electrons. The number of rotatable bonds is 2. The molecular weight excluding hydrogens is 172 g/mol. The molecule has 1 rings (SSSR count). The van der Waals surface area contributed by atoms with Gasteiger partial charge in [0.1, 0.15) is 0 Å². The average Bonchev–Trinajstić information content (AvgIpc) is 2.47. The molecule has 1 aromatic rings. The molecule has 0 saturated carbocycles. The topological polar surface area (TPSA) is 42.0 Å². The molecule has 0 bridgehead atoms. The molecule has 12 heavy (non-hydrogen) atoms. The van der Waals surface area contributed by atoms with Gasteiger partial charge in [0, 0.05) is 18.5 Å². The molecule has 0 atom stereocenters. The van der Waals surface area contributed by atoms with Crippen molar-refractivity contribution < 1.29 is 4.79 Å². The van der Waals surface area contributed by atoms with Gasteiger partial charge in [-0.25, -0.2) is 4.98 Å². The number of carbonyl (C=O) groups is 1. The third-order valence-electron chi connectivity index (χ3n) is 1.29. The van der Waals surface area contributed by atoms with Crippen LogP contribution >= 0.6 is 11.3 Å². The van der Waals surface area contributed by atoms with Gasteiger partial charge in [0.15, 0.2) is 0 Å². The summed E-state index contributed by atoms with van der Waals surface area (Å²) in [6.45, 7) is 1.93. The third kappa shape index (κ3) is 2.47. The maximum absolute atomic E-state index is 10.8. The average molecular weight is 182 g/mol. The third-order valence-corrected chi connectivity index (χ3v) is 2.08. The zero-order valence-corrected chi connectivity index (χ0v) is 7.81. The van der Waals surface area contributed by atoms with Crippen LogP contribution in [0, 0.1) is 6.92 Å². The van der Waals surface area contributed by atoms with E-state index in [1.807, 2.05) is 12.3 Å². The van der Waals surface area contributed by atoms with Gasteiger partial charge in [-0.3, -0.25) is 4.79 Å². The van der Waals surface area contributed by atoms with Crippen LogP contribution in [-0.4, -0.2) is 17.9 Å². The van der Waals surface area contributed by atoms with Gasteiger partial charge in [-0.15, -0.1) is 11.3 Å². The van der Waals surface area contributed by atoms with Gasteiger partial charge < -0.3 is 5.32 Å². The highest BCUT2D eigenvalue weighted by molar-refractivity contribution is 7.09. The van der Waals surface area contributed by atoms with Crippen LogP contribution in [0.4, 0.5) is 0 Å². The lowest BCUT2D eigenvalue weighted by Crippen LogP contribution is -2.13. The highest BCUT2D eigenvalue weighted by atomic mass is 32.1. The maximum Gasteiger partial charge on any atom is 0.243 e. The highest BCUT2D eigenvalue weighted by Gasteiger charge is 1.93. The van der Waals surface area contributed by atoms with Crippen molar-refractivity contribution in [2.45, 2.75) is 6.92 Å². The minimum Gasteiger partial charge on any atom is -0.356 e. The van der Waals surface area contributed by atoms with Crippen LogP contribution in [0.25, 0.3) is 6.08 Å². The minimum atomic E-state index is -0.111. The predicted molar refractivity (Wildman–Crippen MR) is 50.0 cm³/mol.